The second-order valence-corrected chi connectivity index (χ2v) is 4.83. The normalized spacial score (nSPS) is 20.6. The minimum atomic E-state index is -0.506. The van der Waals surface area contributed by atoms with Crippen LogP contribution >= 0.6 is 0 Å². The molecule has 0 unspecified atom stereocenters. The van der Waals surface area contributed by atoms with E-state index in [1.807, 2.05) is 20.8 Å². The third kappa shape index (κ3) is 2.69. The molecule has 1 fully saturated rings. The summed E-state index contributed by atoms with van der Waals surface area (Å²) >= 11 is 0. The first-order valence-corrected chi connectivity index (χ1v) is 4.87. The molecular formula is C10H19NO2. The van der Waals surface area contributed by atoms with E-state index < -0.39 is 6.04 Å². The van der Waals surface area contributed by atoms with Gasteiger partial charge in [0, 0.05) is 0 Å². The monoisotopic (exact) mass is 185 g/mol. The van der Waals surface area contributed by atoms with Gasteiger partial charge in [-0.05, 0) is 24.7 Å². The van der Waals surface area contributed by atoms with E-state index in [2.05, 4.69) is 0 Å². The third-order valence-electron chi connectivity index (χ3n) is 2.52. The summed E-state index contributed by atoms with van der Waals surface area (Å²) in [4.78, 5) is 11.4. The average molecular weight is 185 g/mol. The van der Waals surface area contributed by atoms with Gasteiger partial charge < -0.3 is 10.5 Å². The molecule has 1 aliphatic carbocycles. The molecule has 0 aromatic rings. The van der Waals surface area contributed by atoms with Crippen LogP contribution < -0.4 is 5.73 Å². The Kier molecular flexibility index (Phi) is 2.96. The van der Waals surface area contributed by atoms with Crippen LogP contribution in [0.1, 0.15) is 40.0 Å². The van der Waals surface area contributed by atoms with E-state index >= 15 is 0 Å². The van der Waals surface area contributed by atoms with Gasteiger partial charge in [-0.2, -0.15) is 0 Å². The van der Waals surface area contributed by atoms with Crippen LogP contribution in [0.3, 0.4) is 0 Å². The molecule has 76 valence electrons. The van der Waals surface area contributed by atoms with Gasteiger partial charge in [-0.1, -0.05) is 20.8 Å². The Bertz CT molecular complexity index is 192. The van der Waals surface area contributed by atoms with Gasteiger partial charge in [-0.3, -0.25) is 4.79 Å². The lowest BCUT2D eigenvalue weighted by Crippen LogP contribution is -2.45. The highest BCUT2D eigenvalue weighted by atomic mass is 16.5. The highest BCUT2D eigenvalue weighted by Crippen LogP contribution is 2.24. The minimum absolute atomic E-state index is 0.140. The van der Waals surface area contributed by atoms with Crippen LogP contribution in [0.5, 0.6) is 0 Å². The maximum atomic E-state index is 11.4. The van der Waals surface area contributed by atoms with Crippen molar-refractivity contribution in [1.82, 2.24) is 0 Å². The zero-order valence-corrected chi connectivity index (χ0v) is 8.67. The molecule has 1 atom stereocenters. The standard InChI is InChI=1S/C10H19NO2/c1-10(2,3)8(11)9(12)13-7-5-4-6-7/h7-8H,4-6,11H2,1-3H3/t8-/m1/s1. The second-order valence-electron chi connectivity index (χ2n) is 4.83. The summed E-state index contributed by atoms with van der Waals surface area (Å²) in [5.74, 6) is -0.253. The minimum Gasteiger partial charge on any atom is -0.461 e. The van der Waals surface area contributed by atoms with Gasteiger partial charge in [0.2, 0.25) is 0 Å². The maximum absolute atomic E-state index is 11.4. The van der Waals surface area contributed by atoms with Crippen molar-refractivity contribution in [1.29, 1.82) is 0 Å². The lowest BCUT2D eigenvalue weighted by atomic mass is 9.87. The van der Waals surface area contributed by atoms with Crippen LogP contribution in [0.4, 0.5) is 0 Å². The van der Waals surface area contributed by atoms with Crippen molar-refractivity contribution in [3.63, 3.8) is 0 Å². The Morgan fingerprint density at radius 2 is 2.00 bits per heavy atom. The average Bonchev–Trinajstić information content (AvgIpc) is 1.93. The molecule has 0 aromatic carbocycles. The lowest BCUT2D eigenvalue weighted by Gasteiger charge is -2.30. The van der Waals surface area contributed by atoms with Crippen molar-refractivity contribution in [3.05, 3.63) is 0 Å². The predicted octanol–water partition coefficient (Wildman–Crippen LogP) is 1.46. The Balaban J connectivity index is 2.37. The fourth-order valence-corrected chi connectivity index (χ4v) is 1.08. The van der Waals surface area contributed by atoms with Gasteiger partial charge in [0.15, 0.2) is 0 Å². The van der Waals surface area contributed by atoms with Crippen LogP contribution in [0.15, 0.2) is 0 Å². The fraction of sp³-hybridized carbons (Fsp3) is 0.900. The van der Waals surface area contributed by atoms with E-state index in [-0.39, 0.29) is 17.5 Å². The van der Waals surface area contributed by atoms with Crippen LogP contribution in [0, 0.1) is 5.41 Å². The lowest BCUT2D eigenvalue weighted by molar-refractivity contribution is -0.157. The summed E-state index contributed by atoms with van der Waals surface area (Å²) in [5, 5.41) is 0. The Labute approximate surface area is 79.6 Å². The summed E-state index contributed by atoms with van der Waals surface area (Å²) < 4.78 is 5.21. The van der Waals surface area contributed by atoms with Crippen molar-refractivity contribution >= 4 is 5.97 Å². The van der Waals surface area contributed by atoms with Crippen LogP contribution in [0.2, 0.25) is 0 Å². The smallest absolute Gasteiger partial charge is 0.323 e. The van der Waals surface area contributed by atoms with Gasteiger partial charge in [0.1, 0.15) is 12.1 Å². The molecule has 0 aromatic heterocycles. The number of hydrogen-bond acceptors (Lipinski definition) is 3. The zero-order chi connectivity index (χ0) is 10.1. The third-order valence-corrected chi connectivity index (χ3v) is 2.52. The van der Waals surface area contributed by atoms with E-state index in [0.29, 0.717) is 0 Å². The molecule has 1 rings (SSSR count). The summed E-state index contributed by atoms with van der Waals surface area (Å²) in [6, 6.07) is -0.506. The topological polar surface area (TPSA) is 52.3 Å². The molecule has 0 amide bonds. The molecule has 13 heavy (non-hydrogen) atoms. The number of rotatable bonds is 2. The van der Waals surface area contributed by atoms with Crippen molar-refractivity contribution < 1.29 is 9.53 Å². The number of carbonyl (C=O) groups excluding carboxylic acids is 1. The maximum Gasteiger partial charge on any atom is 0.323 e. The van der Waals surface area contributed by atoms with E-state index in [1.54, 1.807) is 0 Å². The van der Waals surface area contributed by atoms with Gasteiger partial charge >= 0.3 is 5.97 Å². The Hall–Kier alpha value is -0.570. The predicted molar refractivity (Wildman–Crippen MR) is 51.2 cm³/mol. The summed E-state index contributed by atoms with van der Waals surface area (Å²) in [5.41, 5.74) is 5.54. The molecule has 3 heteroatoms. The number of esters is 1. The van der Waals surface area contributed by atoms with Crippen molar-refractivity contribution in [2.75, 3.05) is 0 Å². The Morgan fingerprint density at radius 3 is 2.31 bits per heavy atom. The quantitative estimate of drug-likeness (QED) is 0.662. The molecule has 0 aliphatic heterocycles. The highest BCUT2D eigenvalue weighted by molar-refractivity contribution is 5.76. The largest absolute Gasteiger partial charge is 0.461 e. The first kappa shape index (κ1) is 10.5. The molecule has 2 N–H and O–H groups in total. The van der Waals surface area contributed by atoms with Gasteiger partial charge in [0.25, 0.3) is 0 Å². The molecule has 0 bridgehead atoms. The van der Waals surface area contributed by atoms with Crippen molar-refractivity contribution in [2.45, 2.75) is 52.2 Å². The fourth-order valence-electron chi connectivity index (χ4n) is 1.08. The van der Waals surface area contributed by atoms with Crippen LogP contribution in [0.25, 0.3) is 0 Å². The number of carbonyl (C=O) groups is 1. The van der Waals surface area contributed by atoms with Crippen molar-refractivity contribution in [3.8, 4) is 0 Å². The van der Waals surface area contributed by atoms with E-state index in [1.165, 1.54) is 6.42 Å². The molecular weight excluding hydrogens is 166 g/mol. The molecule has 0 radical (unpaired) electrons. The van der Waals surface area contributed by atoms with Gasteiger partial charge in [-0.15, -0.1) is 0 Å². The molecule has 3 nitrogen and oxygen atoms in total. The summed E-state index contributed by atoms with van der Waals surface area (Å²) in [6.07, 6.45) is 3.31. The first-order chi connectivity index (χ1) is 5.91. The Morgan fingerprint density at radius 1 is 1.46 bits per heavy atom. The molecule has 0 saturated heterocycles. The number of nitrogens with two attached hydrogens (primary N) is 1. The highest BCUT2D eigenvalue weighted by Gasteiger charge is 2.31. The zero-order valence-electron chi connectivity index (χ0n) is 8.67. The first-order valence-electron chi connectivity index (χ1n) is 4.87. The molecule has 0 spiro atoms. The summed E-state index contributed by atoms with van der Waals surface area (Å²) in [7, 11) is 0. The van der Waals surface area contributed by atoms with Crippen LogP contribution in [-0.2, 0) is 9.53 Å². The van der Waals surface area contributed by atoms with Crippen LogP contribution in [-0.4, -0.2) is 18.1 Å². The number of ether oxygens (including phenoxy) is 1. The van der Waals surface area contributed by atoms with E-state index in [9.17, 15) is 4.79 Å². The second kappa shape index (κ2) is 3.66. The molecule has 0 heterocycles. The van der Waals surface area contributed by atoms with Gasteiger partial charge in [-0.25, -0.2) is 0 Å². The van der Waals surface area contributed by atoms with E-state index in [4.69, 9.17) is 10.5 Å². The molecule has 1 saturated carbocycles. The number of hydrogen-bond donors (Lipinski definition) is 1. The SMILES string of the molecule is CC(C)(C)[C@H](N)C(=O)OC1CCC1. The van der Waals surface area contributed by atoms with Gasteiger partial charge in [0.05, 0.1) is 0 Å². The van der Waals surface area contributed by atoms with Crippen molar-refractivity contribution in [2.24, 2.45) is 11.1 Å². The summed E-state index contributed by atoms with van der Waals surface area (Å²) in [6.45, 7) is 5.83. The molecule has 1 aliphatic rings. The van der Waals surface area contributed by atoms with E-state index in [0.717, 1.165) is 12.8 Å².